The fourth-order valence-electron chi connectivity index (χ4n) is 2.69. The zero-order chi connectivity index (χ0) is 15.4. The lowest BCUT2D eigenvalue weighted by molar-refractivity contribution is -0.121. The van der Waals surface area contributed by atoms with Crippen LogP contribution in [0.15, 0.2) is 30.6 Å². The molecular weight excluding hydrogens is 280 g/mol. The Hall–Kier alpha value is -2.50. The second-order valence-electron chi connectivity index (χ2n) is 5.45. The van der Waals surface area contributed by atoms with E-state index in [1.807, 2.05) is 6.07 Å². The summed E-state index contributed by atoms with van der Waals surface area (Å²) in [6.07, 6.45) is 6.55. The van der Waals surface area contributed by atoms with Crippen molar-refractivity contribution in [2.24, 2.45) is 0 Å². The molecule has 1 atom stereocenters. The van der Waals surface area contributed by atoms with Crippen LogP contribution in [0, 0.1) is 0 Å². The second kappa shape index (κ2) is 6.51. The molecule has 2 aromatic rings. The maximum atomic E-state index is 12.4. The van der Waals surface area contributed by atoms with E-state index >= 15 is 0 Å². The van der Waals surface area contributed by atoms with Crippen molar-refractivity contribution < 1.29 is 9.59 Å². The highest BCUT2D eigenvalue weighted by atomic mass is 16.2. The van der Waals surface area contributed by atoms with Crippen LogP contribution in [0.3, 0.4) is 0 Å². The third-order valence-corrected chi connectivity index (χ3v) is 3.82. The topological polar surface area (TPSA) is 84.0 Å². The first-order valence-electron chi connectivity index (χ1n) is 7.51. The van der Waals surface area contributed by atoms with Gasteiger partial charge in [-0.05, 0) is 25.0 Å². The maximum absolute atomic E-state index is 12.4. The van der Waals surface area contributed by atoms with Crippen LogP contribution >= 0.6 is 0 Å². The second-order valence-corrected chi connectivity index (χ2v) is 5.45. The number of benzene rings is 1. The van der Waals surface area contributed by atoms with Crippen LogP contribution in [0.4, 0.5) is 0 Å². The molecule has 1 unspecified atom stereocenters. The first-order valence-corrected chi connectivity index (χ1v) is 7.51. The summed E-state index contributed by atoms with van der Waals surface area (Å²) in [6.45, 7) is 0.432. The van der Waals surface area contributed by atoms with Gasteiger partial charge in [0.15, 0.2) is 0 Å². The molecule has 0 aliphatic carbocycles. The smallest absolute Gasteiger partial charge is 0.253 e. The highest BCUT2D eigenvalue weighted by molar-refractivity contribution is 6.04. The van der Waals surface area contributed by atoms with E-state index in [0.717, 1.165) is 19.3 Å². The molecule has 114 valence electrons. The summed E-state index contributed by atoms with van der Waals surface area (Å²) >= 11 is 0. The molecule has 2 N–H and O–H groups in total. The fraction of sp³-hybridized carbons (Fsp3) is 0.375. The van der Waals surface area contributed by atoms with Crippen molar-refractivity contribution >= 4 is 22.8 Å². The lowest BCUT2D eigenvalue weighted by atomic mass is 10.1. The number of nitrogens with zero attached hydrogens (tertiary/aromatic N) is 2. The SMILES string of the molecule is O=C1CCCCC(CNC(=O)c2cccc3nccnc23)N1. The number of hydrogen-bond donors (Lipinski definition) is 2. The average Bonchev–Trinajstić information content (AvgIpc) is 2.76. The van der Waals surface area contributed by atoms with Gasteiger partial charge in [0.05, 0.1) is 11.1 Å². The number of aromatic nitrogens is 2. The van der Waals surface area contributed by atoms with Gasteiger partial charge in [-0.2, -0.15) is 0 Å². The van der Waals surface area contributed by atoms with Gasteiger partial charge in [-0.1, -0.05) is 12.5 Å². The predicted octanol–water partition coefficient (Wildman–Crippen LogP) is 1.42. The van der Waals surface area contributed by atoms with E-state index < -0.39 is 0 Å². The molecular formula is C16H18N4O2. The van der Waals surface area contributed by atoms with Gasteiger partial charge in [0.2, 0.25) is 5.91 Å². The normalized spacial score (nSPS) is 18.5. The Morgan fingerprint density at radius 2 is 2.14 bits per heavy atom. The zero-order valence-corrected chi connectivity index (χ0v) is 12.2. The van der Waals surface area contributed by atoms with E-state index in [1.54, 1.807) is 24.5 Å². The minimum absolute atomic E-state index is 0.00000982. The fourth-order valence-corrected chi connectivity index (χ4v) is 2.69. The summed E-state index contributed by atoms with van der Waals surface area (Å²) in [5.41, 5.74) is 1.79. The molecule has 6 heteroatoms. The molecule has 3 rings (SSSR count). The van der Waals surface area contributed by atoms with E-state index in [2.05, 4.69) is 20.6 Å². The summed E-state index contributed by atoms with van der Waals surface area (Å²) in [4.78, 5) is 32.3. The van der Waals surface area contributed by atoms with Crippen molar-refractivity contribution in [1.29, 1.82) is 0 Å². The van der Waals surface area contributed by atoms with E-state index in [-0.39, 0.29) is 17.9 Å². The van der Waals surface area contributed by atoms with Crippen molar-refractivity contribution in [3.05, 3.63) is 36.2 Å². The van der Waals surface area contributed by atoms with Crippen molar-refractivity contribution in [3.8, 4) is 0 Å². The molecule has 1 aromatic carbocycles. The summed E-state index contributed by atoms with van der Waals surface area (Å²) < 4.78 is 0. The lowest BCUT2D eigenvalue weighted by Gasteiger charge is -2.16. The molecule has 1 aliphatic heterocycles. The van der Waals surface area contributed by atoms with E-state index in [1.165, 1.54) is 0 Å². The molecule has 1 aromatic heterocycles. The van der Waals surface area contributed by atoms with Crippen LogP contribution in [0.1, 0.15) is 36.0 Å². The average molecular weight is 298 g/mol. The van der Waals surface area contributed by atoms with Gasteiger partial charge in [-0.3, -0.25) is 19.6 Å². The molecule has 0 bridgehead atoms. The first kappa shape index (κ1) is 14.4. The van der Waals surface area contributed by atoms with E-state index in [0.29, 0.717) is 29.6 Å². The number of rotatable bonds is 3. The van der Waals surface area contributed by atoms with Crippen LogP contribution in [0.5, 0.6) is 0 Å². The van der Waals surface area contributed by atoms with Gasteiger partial charge in [-0.25, -0.2) is 0 Å². The van der Waals surface area contributed by atoms with Crippen LogP contribution < -0.4 is 10.6 Å². The Labute approximate surface area is 128 Å². The van der Waals surface area contributed by atoms with E-state index in [9.17, 15) is 9.59 Å². The number of amides is 2. The number of carbonyl (C=O) groups is 2. The number of para-hydroxylation sites is 1. The van der Waals surface area contributed by atoms with Gasteiger partial charge < -0.3 is 10.6 Å². The number of fused-ring (bicyclic) bond motifs is 1. The molecule has 6 nitrogen and oxygen atoms in total. The highest BCUT2D eigenvalue weighted by Gasteiger charge is 2.18. The van der Waals surface area contributed by atoms with Gasteiger partial charge in [0.25, 0.3) is 5.91 Å². The molecule has 0 radical (unpaired) electrons. The zero-order valence-electron chi connectivity index (χ0n) is 12.2. The predicted molar refractivity (Wildman–Crippen MR) is 82.3 cm³/mol. The Bertz CT molecular complexity index is 696. The first-order chi connectivity index (χ1) is 10.7. The minimum atomic E-state index is -0.190. The van der Waals surface area contributed by atoms with Crippen molar-refractivity contribution in [3.63, 3.8) is 0 Å². The summed E-state index contributed by atoms with van der Waals surface area (Å²) in [7, 11) is 0. The van der Waals surface area contributed by atoms with Crippen molar-refractivity contribution in [1.82, 2.24) is 20.6 Å². The molecule has 2 amide bonds. The van der Waals surface area contributed by atoms with Gasteiger partial charge >= 0.3 is 0 Å². The van der Waals surface area contributed by atoms with Gasteiger partial charge in [0.1, 0.15) is 5.52 Å². The third kappa shape index (κ3) is 3.21. The Kier molecular flexibility index (Phi) is 4.27. The van der Waals surface area contributed by atoms with Crippen LogP contribution in [0.25, 0.3) is 11.0 Å². The molecule has 0 spiro atoms. The number of nitrogens with one attached hydrogen (secondary N) is 2. The van der Waals surface area contributed by atoms with Crippen LogP contribution in [0.2, 0.25) is 0 Å². The largest absolute Gasteiger partial charge is 0.352 e. The highest BCUT2D eigenvalue weighted by Crippen LogP contribution is 2.14. The van der Waals surface area contributed by atoms with Crippen LogP contribution in [-0.2, 0) is 4.79 Å². The Morgan fingerprint density at radius 1 is 1.27 bits per heavy atom. The maximum Gasteiger partial charge on any atom is 0.253 e. The molecule has 1 saturated heterocycles. The lowest BCUT2D eigenvalue weighted by Crippen LogP contribution is -2.42. The number of carbonyl (C=O) groups excluding carboxylic acids is 2. The minimum Gasteiger partial charge on any atom is -0.352 e. The van der Waals surface area contributed by atoms with Gasteiger partial charge in [0, 0.05) is 31.4 Å². The Balaban J connectivity index is 1.69. The molecule has 2 heterocycles. The molecule has 1 fully saturated rings. The van der Waals surface area contributed by atoms with Gasteiger partial charge in [-0.15, -0.1) is 0 Å². The monoisotopic (exact) mass is 298 g/mol. The Morgan fingerprint density at radius 3 is 3.05 bits per heavy atom. The quantitative estimate of drug-likeness (QED) is 0.897. The summed E-state index contributed by atoms with van der Waals surface area (Å²) in [6, 6.07) is 5.35. The molecule has 0 saturated carbocycles. The van der Waals surface area contributed by atoms with Crippen LogP contribution in [-0.4, -0.2) is 34.4 Å². The number of hydrogen-bond acceptors (Lipinski definition) is 4. The summed E-state index contributed by atoms with van der Waals surface area (Å²) in [5.74, 6) is -0.127. The molecule has 22 heavy (non-hydrogen) atoms. The standard InChI is InChI=1S/C16H18N4O2/c21-14-7-2-1-4-11(20-14)10-19-16(22)12-5-3-6-13-15(12)18-9-8-17-13/h3,5-6,8-9,11H,1-2,4,7,10H2,(H,19,22)(H,20,21). The third-order valence-electron chi connectivity index (χ3n) is 3.82. The molecule has 1 aliphatic rings. The summed E-state index contributed by atoms with van der Waals surface area (Å²) in [5, 5.41) is 5.83. The van der Waals surface area contributed by atoms with Crippen molar-refractivity contribution in [2.45, 2.75) is 31.7 Å². The van der Waals surface area contributed by atoms with Crippen molar-refractivity contribution in [2.75, 3.05) is 6.54 Å². The van der Waals surface area contributed by atoms with E-state index in [4.69, 9.17) is 0 Å².